The topological polar surface area (TPSA) is 15.3 Å². The molecule has 0 bridgehead atoms. The zero-order chi connectivity index (χ0) is 8.27. The Morgan fingerprint density at radius 1 is 1.09 bits per heavy atom. The monoisotopic (exact) mass is 156 g/mol. The third kappa shape index (κ3) is 2.46. The molecule has 1 aliphatic heterocycles. The van der Waals surface area contributed by atoms with Crippen molar-refractivity contribution in [2.75, 3.05) is 26.2 Å². The number of hydrogen-bond acceptors (Lipinski definition) is 2. The highest BCUT2D eigenvalue weighted by atomic mass is 15.2. The molecule has 0 radical (unpaired) electrons. The van der Waals surface area contributed by atoms with Gasteiger partial charge >= 0.3 is 0 Å². The molecule has 0 aromatic rings. The average molecular weight is 156 g/mol. The predicted octanol–water partition coefficient (Wildman–Crippen LogP) is 0.936. The second kappa shape index (κ2) is 4.07. The molecule has 1 heterocycles. The van der Waals surface area contributed by atoms with E-state index >= 15 is 0 Å². The zero-order valence-corrected chi connectivity index (χ0v) is 7.93. The summed E-state index contributed by atoms with van der Waals surface area (Å²) in [5.41, 5.74) is 0. The smallest absolute Gasteiger partial charge is 0.0110 e. The van der Waals surface area contributed by atoms with Gasteiger partial charge in [0.05, 0.1) is 0 Å². The highest BCUT2D eigenvalue weighted by Gasteiger charge is 2.18. The van der Waals surface area contributed by atoms with E-state index in [0.29, 0.717) is 0 Å². The van der Waals surface area contributed by atoms with Crippen molar-refractivity contribution in [1.82, 2.24) is 10.2 Å². The Labute approximate surface area is 70.0 Å². The van der Waals surface area contributed by atoms with Gasteiger partial charge < -0.3 is 5.32 Å². The van der Waals surface area contributed by atoms with Crippen molar-refractivity contribution >= 4 is 0 Å². The van der Waals surface area contributed by atoms with Crippen molar-refractivity contribution in [1.29, 1.82) is 0 Å². The Morgan fingerprint density at radius 2 is 1.64 bits per heavy atom. The summed E-state index contributed by atoms with van der Waals surface area (Å²) in [5.74, 6) is 0.785. The molecule has 2 heteroatoms. The lowest BCUT2D eigenvalue weighted by atomic mass is 10.0. The average Bonchev–Trinajstić information content (AvgIpc) is 2.05. The van der Waals surface area contributed by atoms with Crippen molar-refractivity contribution in [3.63, 3.8) is 0 Å². The van der Waals surface area contributed by atoms with E-state index in [1.165, 1.54) is 13.1 Å². The van der Waals surface area contributed by atoms with Crippen LogP contribution >= 0.6 is 0 Å². The second-order valence-corrected chi connectivity index (χ2v) is 3.77. The molecule has 0 saturated carbocycles. The van der Waals surface area contributed by atoms with Crippen LogP contribution in [0.25, 0.3) is 0 Å². The van der Waals surface area contributed by atoms with Crippen LogP contribution in [0.4, 0.5) is 0 Å². The Bertz CT molecular complexity index is 106. The number of piperazine rings is 1. The van der Waals surface area contributed by atoms with E-state index in [4.69, 9.17) is 0 Å². The molecule has 0 aromatic carbocycles. The molecule has 0 aromatic heterocycles. The molecule has 0 amide bonds. The van der Waals surface area contributed by atoms with E-state index in [1.54, 1.807) is 0 Å². The van der Waals surface area contributed by atoms with Crippen LogP contribution in [0.15, 0.2) is 0 Å². The summed E-state index contributed by atoms with van der Waals surface area (Å²) in [6, 6.07) is 0.747. The largest absolute Gasteiger partial charge is 0.314 e. The highest BCUT2D eigenvalue weighted by Crippen LogP contribution is 2.09. The fraction of sp³-hybridized carbons (Fsp3) is 1.00. The van der Waals surface area contributed by atoms with Crippen molar-refractivity contribution < 1.29 is 0 Å². The van der Waals surface area contributed by atoms with E-state index in [-0.39, 0.29) is 0 Å². The van der Waals surface area contributed by atoms with Crippen LogP contribution in [0.5, 0.6) is 0 Å². The Kier molecular flexibility index (Phi) is 3.34. The van der Waals surface area contributed by atoms with Crippen LogP contribution in [0.2, 0.25) is 0 Å². The van der Waals surface area contributed by atoms with Crippen LogP contribution in [0.3, 0.4) is 0 Å². The maximum absolute atomic E-state index is 3.37. The second-order valence-electron chi connectivity index (χ2n) is 3.77. The van der Waals surface area contributed by atoms with Gasteiger partial charge in [0.25, 0.3) is 0 Å². The molecule has 66 valence electrons. The lowest BCUT2D eigenvalue weighted by molar-refractivity contribution is 0.149. The van der Waals surface area contributed by atoms with Crippen LogP contribution < -0.4 is 5.32 Å². The first-order valence-electron chi connectivity index (χ1n) is 4.66. The van der Waals surface area contributed by atoms with E-state index < -0.39 is 0 Å². The van der Waals surface area contributed by atoms with Crippen molar-refractivity contribution in [3.05, 3.63) is 0 Å². The Morgan fingerprint density at radius 3 is 2.09 bits per heavy atom. The standard InChI is InChI=1S/C9H20N2/c1-8(2)9(3)11-6-4-10-5-7-11/h8-10H,4-7H2,1-3H3/t9-/m1/s1. The first-order chi connectivity index (χ1) is 5.22. The van der Waals surface area contributed by atoms with Gasteiger partial charge in [0.15, 0.2) is 0 Å². The van der Waals surface area contributed by atoms with Gasteiger partial charge in [0, 0.05) is 32.2 Å². The summed E-state index contributed by atoms with van der Waals surface area (Å²) in [7, 11) is 0. The van der Waals surface area contributed by atoms with E-state index in [1.807, 2.05) is 0 Å². The minimum absolute atomic E-state index is 0.747. The summed E-state index contributed by atoms with van der Waals surface area (Å²) in [6.45, 7) is 11.7. The van der Waals surface area contributed by atoms with E-state index in [0.717, 1.165) is 25.0 Å². The molecule has 0 unspecified atom stereocenters. The van der Waals surface area contributed by atoms with Crippen molar-refractivity contribution in [2.45, 2.75) is 26.8 Å². The number of hydrogen-bond donors (Lipinski definition) is 1. The lowest BCUT2D eigenvalue weighted by Crippen LogP contribution is -2.48. The molecule has 1 aliphatic rings. The molecule has 2 nitrogen and oxygen atoms in total. The number of nitrogens with one attached hydrogen (secondary N) is 1. The normalized spacial score (nSPS) is 24.0. The fourth-order valence-corrected chi connectivity index (χ4v) is 1.51. The van der Waals surface area contributed by atoms with Crippen LogP contribution in [0.1, 0.15) is 20.8 Å². The minimum Gasteiger partial charge on any atom is -0.314 e. The summed E-state index contributed by atoms with van der Waals surface area (Å²) in [5, 5.41) is 3.37. The maximum Gasteiger partial charge on any atom is 0.0110 e. The summed E-state index contributed by atoms with van der Waals surface area (Å²) >= 11 is 0. The molecule has 11 heavy (non-hydrogen) atoms. The quantitative estimate of drug-likeness (QED) is 0.640. The van der Waals surface area contributed by atoms with Crippen LogP contribution in [0, 0.1) is 5.92 Å². The predicted molar refractivity (Wildman–Crippen MR) is 48.7 cm³/mol. The SMILES string of the molecule is CC(C)[C@@H](C)N1CCNCC1. The highest BCUT2D eigenvalue weighted by molar-refractivity contribution is 4.75. The molecule has 0 spiro atoms. The van der Waals surface area contributed by atoms with Gasteiger partial charge in [0.2, 0.25) is 0 Å². The van der Waals surface area contributed by atoms with Gasteiger partial charge in [-0.2, -0.15) is 0 Å². The third-order valence-corrected chi connectivity index (χ3v) is 2.69. The van der Waals surface area contributed by atoms with Crippen LogP contribution in [-0.4, -0.2) is 37.1 Å². The van der Waals surface area contributed by atoms with E-state index in [2.05, 4.69) is 31.0 Å². The minimum atomic E-state index is 0.747. The third-order valence-electron chi connectivity index (χ3n) is 2.69. The van der Waals surface area contributed by atoms with Crippen molar-refractivity contribution in [2.24, 2.45) is 5.92 Å². The van der Waals surface area contributed by atoms with Crippen LogP contribution in [-0.2, 0) is 0 Å². The van der Waals surface area contributed by atoms with Gasteiger partial charge in [-0.3, -0.25) is 4.90 Å². The van der Waals surface area contributed by atoms with Gasteiger partial charge in [-0.15, -0.1) is 0 Å². The number of rotatable bonds is 2. The first kappa shape index (κ1) is 9.01. The van der Waals surface area contributed by atoms with E-state index in [9.17, 15) is 0 Å². The zero-order valence-electron chi connectivity index (χ0n) is 7.93. The molecule has 1 fully saturated rings. The fourth-order valence-electron chi connectivity index (χ4n) is 1.51. The summed E-state index contributed by atoms with van der Waals surface area (Å²) < 4.78 is 0. The van der Waals surface area contributed by atoms with Gasteiger partial charge in [-0.05, 0) is 12.8 Å². The van der Waals surface area contributed by atoms with Gasteiger partial charge in [-0.1, -0.05) is 13.8 Å². The molecule has 1 rings (SSSR count). The van der Waals surface area contributed by atoms with Crippen molar-refractivity contribution in [3.8, 4) is 0 Å². The number of nitrogens with zero attached hydrogens (tertiary/aromatic N) is 1. The molecule has 1 saturated heterocycles. The van der Waals surface area contributed by atoms with Gasteiger partial charge in [-0.25, -0.2) is 0 Å². The van der Waals surface area contributed by atoms with Gasteiger partial charge in [0.1, 0.15) is 0 Å². The molecular formula is C9H20N2. The molecule has 1 atom stereocenters. The summed E-state index contributed by atoms with van der Waals surface area (Å²) in [4.78, 5) is 2.57. The Balaban J connectivity index is 2.32. The molecule has 1 N–H and O–H groups in total. The molecule has 0 aliphatic carbocycles. The first-order valence-corrected chi connectivity index (χ1v) is 4.66. The molecular weight excluding hydrogens is 136 g/mol. The Hall–Kier alpha value is -0.0800. The maximum atomic E-state index is 3.37. The lowest BCUT2D eigenvalue weighted by Gasteiger charge is -2.34. The summed E-state index contributed by atoms with van der Waals surface area (Å²) in [6.07, 6.45) is 0.